The number of nitrogens with one attached hydrogen (secondary N) is 1. The molecule has 3 rings (SSSR count). The van der Waals surface area contributed by atoms with E-state index in [0.29, 0.717) is 12.2 Å². The topological polar surface area (TPSA) is 52.0 Å². The van der Waals surface area contributed by atoms with Crippen LogP contribution in [0, 0.1) is 0 Å². The zero-order chi connectivity index (χ0) is 13.8. The molecule has 106 valence electrons. The van der Waals surface area contributed by atoms with Crippen molar-refractivity contribution in [3.8, 4) is 0 Å². The van der Waals surface area contributed by atoms with Gasteiger partial charge in [-0.05, 0) is 37.5 Å². The number of nitrogens with zero attached hydrogens (tertiary/aromatic N) is 3. The minimum Gasteiger partial charge on any atom is -0.382 e. The third-order valence-corrected chi connectivity index (χ3v) is 3.59. The lowest BCUT2D eigenvalue weighted by Gasteiger charge is -2.14. The number of benzene rings is 1. The first kappa shape index (κ1) is 13.1. The van der Waals surface area contributed by atoms with Crippen LogP contribution in [0.2, 0.25) is 0 Å². The molecular weight excluding hydrogens is 252 g/mol. The zero-order valence-corrected chi connectivity index (χ0v) is 11.7. The molecular formula is C15H20N4O. The van der Waals surface area contributed by atoms with Gasteiger partial charge in [0.25, 0.3) is 0 Å². The highest BCUT2D eigenvalue weighted by Crippen LogP contribution is 2.20. The average Bonchev–Trinajstić information content (AvgIpc) is 3.09. The van der Waals surface area contributed by atoms with Gasteiger partial charge in [0.05, 0.1) is 18.8 Å². The van der Waals surface area contributed by atoms with E-state index in [-0.39, 0.29) is 0 Å². The molecule has 0 spiro atoms. The first-order chi connectivity index (χ1) is 9.79. The van der Waals surface area contributed by atoms with Crippen molar-refractivity contribution in [2.75, 3.05) is 11.9 Å². The molecule has 1 N–H and O–H groups in total. The molecule has 0 saturated carbocycles. The predicted octanol–water partition coefficient (Wildman–Crippen LogP) is 2.31. The van der Waals surface area contributed by atoms with Crippen LogP contribution in [0.15, 0.2) is 36.9 Å². The highest BCUT2D eigenvalue weighted by molar-refractivity contribution is 5.45. The van der Waals surface area contributed by atoms with Gasteiger partial charge in [-0.2, -0.15) is 5.10 Å². The third-order valence-electron chi connectivity index (χ3n) is 3.59. The second-order valence-corrected chi connectivity index (χ2v) is 5.32. The Morgan fingerprint density at radius 3 is 3.10 bits per heavy atom. The highest BCUT2D eigenvalue weighted by atomic mass is 16.5. The molecule has 0 radical (unpaired) electrons. The predicted molar refractivity (Wildman–Crippen MR) is 77.6 cm³/mol. The van der Waals surface area contributed by atoms with Crippen LogP contribution in [0.1, 0.15) is 25.3 Å². The van der Waals surface area contributed by atoms with E-state index in [9.17, 15) is 0 Å². The lowest BCUT2D eigenvalue weighted by atomic mass is 10.2. The van der Waals surface area contributed by atoms with Crippen molar-refractivity contribution >= 4 is 5.69 Å². The van der Waals surface area contributed by atoms with Crippen molar-refractivity contribution in [3.63, 3.8) is 0 Å². The van der Waals surface area contributed by atoms with Crippen LogP contribution in [-0.2, 0) is 11.3 Å². The Balaban J connectivity index is 1.57. The highest BCUT2D eigenvalue weighted by Gasteiger charge is 2.21. The van der Waals surface area contributed by atoms with Gasteiger partial charge in [0, 0.05) is 12.2 Å². The standard InChI is InChI=1S/C15H20N4O/c1-12-5-6-15(20-12)8-17-14-4-2-3-13(7-14)9-19-11-16-10-18-19/h2-4,7,10-12,15,17H,5-6,8-9H2,1H3. The lowest BCUT2D eigenvalue weighted by molar-refractivity contribution is 0.0637. The van der Waals surface area contributed by atoms with Crippen LogP contribution < -0.4 is 5.32 Å². The Morgan fingerprint density at radius 2 is 2.35 bits per heavy atom. The molecule has 2 heterocycles. The normalized spacial score (nSPS) is 22.1. The minimum absolute atomic E-state index is 0.337. The molecule has 0 bridgehead atoms. The maximum absolute atomic E-state index is 5.81. The molecule has 2 aromatic rings. The van der Waals surface area contributed by atoms with Crippen LogP contribution in [-0.4, -0.2) is 33.5 Å². The number of hydrogen-bond acceptors (Lipinski definition) is 4. The molecule has 1 aliphatic heterocycles. The second kappa shape index (κ2) is 6.05. The van der Waals surface area contributed by atoms with Crippen molar-refractivity contribution in [1.82, 2.24) is 14.8 Å². The number of rotatable bonds is 5. The fourth-order valence-corrected chi connectivity index (χ4v) is 2.55. The molecule has 0 amide bonds. The van der Waals surface area contributed by atoms with Gasteiger partial charge in [0.2, 0.25) is 0 Å². The van der Waals surface area contributed by atoms with Gasteiger partial charge < -0.3 is 10.1 Å². The van der Waals surface area contributed by atoms with Gasteiger partial charge in [-0.1, -0.05) is 12.1 Å². The number of anilines is 1. The van der Waals surface area contributed by atoms with E-state index in [4.69, 9.17) is 4.74 Å². The number of ether oxygens (including phenoxy) is 1. The van der Waals surface area contributed by atoms with E-state index >= 15 is 0 Å². The summed E-state index contributed by atoms with van der Waals surface area (Å²) in [6.45, 7) is 3.75. The van der Waals surface area contributed by atoms with E-state index in [1.807, 2.05) is 4.68 Å². The summed E-state index contributed by atoms with van der Waals surface area (Å²) in [7, 11) is 0. The maximum Gasteiger partial charge on any atom is 0.137 e. The van der Waals surface area contributed by atoms with E-state index in [1.165, 1.54) is 12.0 Å². The van der Waals surface area contributed by atoms with Crippen LogP contribution in [0.3, 0.4) is 0 Å². The molecule has 20 heavy (non-hydrogen) atoms. The maximum atomic E-state index is 5.81. The smallest absolute Gasteiger partial charge is 0.137 e. The number of hydrogen-bond donors (Lipinski definition) is 1. The SMILES string of the molecule is CC1CCC(CNc2cccc(Cn3cncn3)c2)O1. The Labute approximate surface area is 119 Å². The summed E-state index contributed by atoms with van der Waals surface area (Å²) in [5.41, 5.74) is 2.34. The summed E-state index contributed by atoms with van der Waals surface area (Å²) >= 11 is 0. The average molecular weight is 272 g/mol. The third kappa shape index (κ3) is 3.36. The molecule has 0 aliphatic carbocycles. The first-order valence-corrected chi connectivity index (χ1v) is 7.10. The molecule has 2 unspecified atom stereocenters. The molecule has 1 aliphatic rings. The fourth-order valence-electron chi connectivity index (χ4n) is 2.55. The van der Waals surface area contributed by atoms with Crippen LogP contribution in [0.5, 0.6) is 0 Å². The Kier molecular flexibility index (Phi) is 3.97. The van der Waals surface area contributed by atoms with Gasteiger partial charge in [0.15, 0.2) is 0 Å². The van der Waals surface area contributed by atoms with Crippen molar-refractivity contribution in [1.29, 1.82) is 0 Å². The Bertz CT molecular complexity index is 541. The van der Waals surface area contributed by atoms with E-state index in [2.05, 4.69) is 46.6 Å². The quantitative estimate of drug-likeness (QED) is 0.907. The van der Waals surface area contributed by atoms with Gasteiger partial charge in [-0.25, -0.2) is 9.67 Å². The van der Waals surface area contributed by atoms with Crippen molar-refractivity contribution in [2.24, 2.45) is 0 Å². The minimum atomic E-state index is 0.337. The van der Waals surface area contributed by atoms with Gasteiger partial charge in [-0.15, -0.1) is 0 Å². The Hall–Kier alpha value is -1.88. The zero-order valence-electron chi connectivity index (χ0n) is 11.7. The molecule has 1 saturated heterocycles. The van der Waals surface area contributed by atoms with E-state index in [1.54, 1.807) is 12.7 Å². The van der Waals surface area contributed by atoms with Crippen LogP contribution >= 0.6 is 0 Å². The van der Waals surface area contributed by atoms with Gasteiger partial charge >= 0.3 is 0 Å². The van der Waals surface area contributed by atoms with Gasteiger partial charge in [0.1, 0.15) is 12.7 Å². The summed E-state index contributed by atoms with van der Waals surface area (Å²) < 4.78 is 7.63. The van der Waals surface area contributed by atoms with E-state index in [0.717, 1.165) is 25.2 Å². The van der Waals surface area contributed by atoms with Gasteiger partial charge in [-0.3, -0.25) is 0 Å². The largest absolute Gasteiger partial charge is 0.382 e. The van der Waals surface area contributed by atoms with Crippen molar-refractivity contribution in [3.05, 3.63) is 42.5 Å². The molecule has 5 heteroatoms. The summed E-state index contributed by atoms with van der Waals surface area (Å²) in [6, 6.07) is 8.40. The summed E-state index contributed by atoms with van der Waals surface area (Å²) in [6.07, 6.45) is 6.34. The number of aromatic nitrogens is 3. The lowest BCUT2D eigenvalue weighted by Crippen LogP contribution is -2.19. The Morgan fingerprint density at radius 1 is 1.40 bits per heavy atom. The molecule has 5 nitrogen and oxygen atoms in total. The fraction of sp³-hybridized carbons (Fsp3) is 0.467. The van der Waals surface area contributed by atoms with Crippen molar-refractivity contribution < 1.29 is 4.74 Å². The van der Waals surface area contributed by atoms with Crippen LogP contribution in [0.25, 0.3) is 0 Å². The summed E-state index contributed by atoms with van der Waals surface area (Å²) in [5.74, 6) is 0. The van der Waals surface area contributed by atoms with Crippen LogP contribution in [0.4, 0.5) is 5.69 Å². The molecule has 2 atom stereocenters. The second-order valence-electron chi connectivity index (χ2n) is 5.32. The summed E-state index contributed by atoms with van der Waals surface area (Å²) in [5, 5.41) is 7.58. The monoisotopic (exact) mass is 272 g/mol. The summed E-state index contributed by atoms with van der Waals surface area (Å²) in [4.78, 5) is 3.96. The van der Waals surface area contributed by atoms with E-state index < -0.39 is 0 Å². The van der Waals surface area contributed by atoms with Crippen molar-refractivity contribution in [2.45, 2.75) is 38.5 Å². The molecule has 1 fully saturated rings. The first-order valence-electron chi connectivity index (χ1n) is 7.10. The molecule has 1 aromatic heterocycles. The molecule has 1 aromatic carbocycles.